The van der Waals surface area contributed by atoms with Gasteiger partial charge in [-0.3, -0.25) is 0 Å². The van der Waals surface area contributed by atoms with Gasteiger partial charge in [-0.05, 0) is 32.6 Å². The molecule has 6 heteroatoms. The van der Waals surface area contributed by atoms with Crippen LogP contribution in [-0.4, -0.2) is 48.9 Å². The highest BCUT2D eigenvalue weighted by molar-refractivity contribution is 8.01. The molecule has 0 aliphatic carbocycles. The van der Waals surface area contributed by atoms with Crippen molar-refractivity contribution < 1.29 is 15.3 Å². The van der Waals surface area contributed by atoms with E-state index >= 15 is 0 Å². The summed E-state index contributed by atoms with van der Waals surface area (Å²) in [6.45, 7) is 7.45. The summed E-state index contributed by atoms with van der Waals surface area (Å²) >= 11 is 4.60. The maximum absolute atomic E-state index is 9.42. The monoisotopic (exact) mass is 314 g/mol. The van der Waals surface area contributed by atoms with E-state index in [1.165, 1.54) is 35.3 Å². The Balaban J connectivity index is 4.49. The van der Waals surface area contributed by atoms with Crippen molar-refractivity contribution in [3.05, 3.63) is 0 Å². The van der Waals surface area contributed by atoms with Crippen LogP contribution in [0, 0.1) is 5.41 Å². The van der Waals surface area contributed by atoms with Gasteiger partial charge in [0.05, 0.1) is 16.3 Å². The summed E-state index contributed by atoms with van der Waals surface area (Å²) in [4.78, 5) is 0. The van der Waals surface area contributed by atoms with Crippen LogP contribution in [0.15, 0.2) is 0 Å². The number of aliphatic hydroxyl groups is 3. The molecule has 18 heavy (non-hydrogen) atoms. The Morgan fingerprint density at radius 3 is 1.22 bits per heavy atom. The molecule has 0 saturated heterocycles. The summed E-state index contributed by atoms with van der Waals surface area (Å²) < 4.78 is 0. The van der Waals surface area contributed by atoms with Crippen molar-refractivity contribution in [3.63, 3.8) is 0 Å². The van der Waals surface area contributed by atoms with Gasteiger partial charge in [0.15, 0.2) is 0 Å². The van der Waals surface area contributed by atoms with Crippen LogP contribution in [0.2, 0.25) is 0 Å². The number of hydrogen-bond acceptors (Lipinski definition) is 6. The fourth-order valence-corrected chi connectivity index (χ4v) is 4.72. The molecule has 0 aromatic heterocycles. The van der Waals surface area contributed by atoms with E-state index in [1.54, 1.807) is 20.8 Å². The molecule has 0 aliphatic heterocycles. The van der Waals surface area contributed by atoms with E-state index in [0.717, 1.165) is 23.7 Å². The minimum atomic E-state index is -0.371. The Bertz CT molecular complexity index is 179. The quantitative estimate of drug-likeness (QED) is 0.539. The van der Waals surface area contributed by atoms with Crippen LogP contribution in [0.5, 0.6) is 0 Å². The van der Waals surface area contributed by atoms with E-state index in [-0.39, 0.29) is 21.7 Å². The van der Waals surface area contributed by atoms with Crippen molar-refractivity contribution >= 4 is 35.3 Å². The van der Waals surface area contributed by atoms with Crippen molar-refractivity contribution in [2.75, 3.05) is 17.3 Å². The van der Waals surface area contributed by atoms with Crippen LogP contribution in [0.25, 0.3) is 0 Å². The first-order chi connectivity index (χ1) is 8.31. The molecule has 110 valence electrons. The van der Waals surface area contributed by atoms with E-state index in [1.807, 2.05) is 0 Å². The topological polar surface area (TPSA) is 60.7 Å². The maximum Gasteiger partial charge on any atom is 0.0964 e. The summed E-state index contributed by atoms with van der Waals surface area (Å²) in [5.74, 6) is 2.54. The Morgan fingerprint density at radius 2 is 1.06 bits per heavy atom. The van der Waals surface area contributed by atoms with Gasteiger partial charge in [0, 0.05) is 17.3 Å². The summed E-state index contributed by atoms with van der Waals surface area (Å²) in [6, 6.07) is 0. The van der Waals surface area contributed by atoms with Crippen LogP contribution >= 0.6 is 35.3 Å². The molecule has 0 bridgehead atoms. The average molecular weight is 315 g/mol. The molecular weight excluding hydrogens is 288 g/mol. The second kappa shape index (κ2) is 9.77. The molecule has 0 spiro atoms. The third kappa shape index (κ3) is 8.93. The molecule has 0 radical (unpaired) electrons. The summed E-state index contributed by atoms with van der Waals surface area (Å²) in [5.41, 5.74) is -1.07. The zero-order chi connectivity index (χ0) is 14.2. The fourth-order valence-electron chi connectivity index (χ4n) is 1.32. The normalized spacial score (nSPS) is 20.2. The fraction of sp³-hybridized carbons (Fsp3) is 1.00. The molecule has 3 atom stereocenters. The maximum atomic E-state index is 9.42. The number of thioether (sulfide) groups is 3. The third-order valence-electron chi connectivity index (χ3n) is 2.64. The van der Waals surface area contributed by atoms with Gasteiger partial charge in [-0.1, -0.05) is 6.92 Å². The average Bonchev–Trinajstić information content (AvgIpc) is 2.28. The van der Waals surface area contributed by atoms with E-state index in [9.17, 15) is 15.3 Å². The molecule has 0 heterocycles. The highest BCUT2D eigenvalue weighted by Gasteiger charge is 2.30. The Morgan fingerprint density at radius 1 is 0.778 bits per heavy atom. The van der Waals surface area contributed by atoms with Crippen LogP contribution < -0.4 is 0 Å². The first-order valence-corrected chi connectivity index (χ1v) is 9.35. The summed E-state index contributed by atoms with van der Waals surface area (Å²) in [6.07, 6.45) is 0.978. The van der Waals surface area contributed by atoms with Crippen LogP contribution in [0.3, 0.4) is 0 Å². The largest absolute Gasteiger partial charge is 0.383 e. The lowest BCUT2D eigenvalue weighted by Gasteiger charge is -2.33. The van der Waals surface area contributed by atoms with Gasteiger partial charge >= 0.3 is 0 Å². The van der Waals surface area contributed by atoms with Gasteiger partial charge in [-0.15, -0.1) is 35.3 Å². The smallest absolute Gasteiger partial charge is 0.0964 e. The van der Waals surface area contributed by atoms with Crippen molar-refractivity contribution in [2.24, 2.45) is 5.41 Å². The van der Waals surface area contributed by atoms with Crippen molar-refractivity contribution in [1.29, 1.82) is 0 Å². The Labute approximate surface area is 124 Å². The molecule has 0 aromatic carbocycles. The predicted molar refractivity (Wildman–Crippen MR) is 85.1 cm³/mol. The van der Waals surface area contributed by atoms with Gasteiger partial charge in [0.2, 0.25) is 0 Å². The van der Waals surface area contributed by atoms with Gasteiger partial charge in [0.1, 0.15) is 0 Å². The lowest BCUT2D eigenvalue weighted by molar-refractivity contribution is 0.278. The van der Waals surface area contributed by atoms with E-state index in [2.05, 4.69) is 6.92 Å². The van der Waals surface area contributed by atoms with E-state index < -0.39 is 0 Å². The Hall–Kier alpha value is 0.930. The minimum Gasteiger partial charge on any atom is -0.383 e. The van der Waals surface area contributed by atoms with Gasteiger partial charge in [0.25, 0.3) is 0 Å². The second-order valence-electron chi connectivity index (χ2n) is 4.58. The van der Waals surface area contributed by atoms with Crippen molar-refractivity contribution in [1.82, 2.24) is 0 Å². The molecule has 0 saturated carbocycles. The van der Waals surface area contributed by atoms with Crippen molar-refractivity contribution in [3.8, 4) is 0 Å². The number of hydrogen-bond donors (Lipinski definition) is 3. The molecular formula is C12H26O3S3. The van der Waals surface area contributed by atoms with Gasteiger partial charge in [-0.2, -0.15) is 0 Å². The molecule has 0 fully saturated rings. The SMILES string of the molecule is CCC(CSC(C)O)(CSC(C)O)CSC(C)O. The molecule has 0 rings (SSSR count). The number of aliphatic hydroxyl groups excluding tert-OH is 3. The first kappa shape index (κ1) is 18.9. The van der Waals surface area contributed by atoms with Crippen LogP contribution in [-0.2, 0) is 0 Å². The lowest BCUT2D eigenvalue weighted by atomic mass is 9.92. The summed E-state index contributed by atoms with van der Waals surface area (Å²) in [5, 5.41) is 28.2. The molecule has 3 nitrogen and oxygen atoms in total. The molecule has 3 unspecified atom stereocenters. The van der Waals surface area contributed by atoms with Gasteiger partial charge < -0.3 is 15.3 Å². The third-order valence-corrected chi connectivity index (χ3v) is 6.43. The molecule has 3 N–H and O–H groups in total. The predicted octanol–water partition coefficient (Wildman–Crippen LogP) is 2.60. The first-order valence-electron chi connectivity index (χ1n) is 6.20. The summed E-state index contributed by atoms with van der Waals surface area (Å²) in [7, 11) is 0. The van der Waals surface area contributed by atoms with Crippen LogP contribution in [0.4, 0.5) is 0 Å². The lowest BCUT2D eigenvalue weighted by Crippen LogP contribution is -2.31. The molecule has 0 aromatic rings. The van der Waals surface area contributed by atoms with Crippen molar-refractivity contribution in [2.45, 2.75) is 50.4 Å². The number of rotatable bonds is 10. The Kier molecular flexibility index (Phi) is 10.3. The zero-order valence-electron chi connectivity index (χ0n) is 11.6. The van der Waals surface area contributed by atoms with Crippen LogP contribution in [0.1, 0.15) is 34.1 Å². The molecule has 0 aliphatic rings. The van der Waals surface area contributed by atoms with E-state index in [0.29, 0.717) is 0 Å². The highest BCUT2D eigenvalue weighted by atomic mass is 32.2. The standard InChI is InChI=1S/C12H26O3S3/c1-5-12(6-16-9(2)13,7-17-10(3)14)8-18-11(4)15/h9-11,13-15H,5-8H2,1-4H3. The second-order valence-corrected chi connectivity index (χ2v) is 8.50. The van der Waals surface area contributed by atoms with Gasteiger partial charge in [-0.25, -0.2) is 0 Å². The van der Waals surface area contributed by atoms with E-state index in [4.69, 9.17) is 0 Å². The minimum absolute atomic E-state index is 0.0466. The zero-order valence-corrected chi connectivity index (χ0v) is 14.1. The molecule has 0 amide bonds. The highest BCUT2D eigenvalue weighted by Crippen LogP contribution is 2.37.